The highest BCUT2D eigenvalue weighted by molar-refractivity contribution is 7.05. The number of fused-ring (bicyclic) bond motifs is 1. The molecule has 0 N–H and O–H groups in total. The molecule has 188 valence electrons. The van der Waals surface area contributed by atoms with E-state index in [1.165, 1.54) is 23.1 Å². The molecule has 0 spiro atoms. The smallest absolute Gasteiger partial charge is 0.200 e. The maximum atomic E-state index is 5.62. The van der Waals surface area contributed by atoms with Crippen molar-refractivity contribution in [2.75, 3.05) is 0 Å². The summed E-state index contributed by atoms with van der Waals surface area (Å²) in [6.07, 6.45) is 0. The summed E-state index contributed by atoms with van der Waals surface area (Å²) in [4.78, 5) is 13.0. The van der Waals surface area contributed by atoms with Gasteiger partial charge in [0.2, 0.25) is 5.89 Å². The molecule has 1 aromatic carbocycles. The van der Waals surface area contributed by atoms with Gasteiger partial charge < -0.3 is 4.42 Å². The van der Waals surface area contributed by atoms with Crippen molar-refractivity contribution in [3.8, 4) is 0 Å². The summed E-state index contributed by atoms with van der Waals surface area (Å²) < 4.78 is 13.8. The molecule has 0 radical (unpaired) electrons. The van der Waals surface area contributed by atoms with Gasteiger partial charge in [0.05, 0.1) is 0 Å². The SMILES string of the molecule is C.CC(C)(C)c1nc2ccccc2o1.Cc1nsc(C(C)(C)C)n1.Cc1nsc(C(C)(C)C)n1. The van der Waals surface area contributed by atoms with Crippen LogP contribution in [0.5, 0.6) is 0 Å². The van der Waals surface area contributed by atoms with E-state index in [4.69, 9.17) is 4.42 Å². The van der Waals surface area contributed by atoms with Crippen LogP contribution in [0.25, 0.3) is 11.1 Å². The molecule has 0 unspecified atom stereocenters. The van der Waals surface area contributed by atoms with Gasteiger partial charge in [0.25, 0.3) is 0 Å². The lowest BCUT2D eigenvalue weighted by atomic mass is 9.97. The Kier molecular flexibility index (Phi) is 10.1. The molecular weight excluding hydrogens is 462 g/mol. The number of aryl methyl sites for hydroxylation is 2. The molecule has 0 atom stereocenters. The minimum Gasteiger partial charge on any atom is -0.440 e. The van der Waals surface area contributed by atoms with Crippen LogP contribution in [-0.4, -0.2) is 23.7 Å². The fraction of sp³-hybridized carbons (Fsp3) is 0.577. The van der Waals surface area contributed by atoms with Gasteiger partial charge in [-0.15, -0.1) is 0 Å². The molecule has 0 aliphatic carbocycles. The molecule has 8 heteroatoms. The van der Waals surface area contributed by atoms with Crippen molar-refractivity contribution in [3.05, 3.63) is 51.8 Å². The van der Waals surface area contributed by atoms with Crippen molar-refractivity contribution >= 4 is 34.2 Å². The molecule has 0 saturated carbocycles. The van der Waals surface area contributed by atoms with Gasteiger partial charge >= 0.3 is 0 Å². The maximum Gasteiger partial charge on any atom is 0.200 e. The predicted octanol–water partition coefficient (Wildman–Crippen LogP) is 8.05. The largest absolute Gasteiger partial charge is 0.440 e. The summed E-state index contributed by atoms with van der Waals surface area (Å²) in [5, 5.41) is 2.23. The monoisotopic (exact) mass is 503 g/mol. The lowest BCUT2D eigenvalue weighted by Crippen LogP contribution is -2.10. The van der Waals surface area contributed by atoms with Crippen LogP contribution < -0.4 is 0 Å². The molecule has 4 aromatic rings. The highest BCUT2D eigenvalue weighted by Crippen LogP contribution is 2.25. The third-order valence-electron chi connectivity index (χ3n) is 4.27. The second kappa shape index (κ2) is 11.5. The van der Waals surface area contributed by atoms with E-state index in [-0.39, 0.29) is 23.7 Å². The number of rotatable bonds is 0. The first-order chi connectivity index (χ1) is 15.1. The minimum absolute atomic E-state index is 0. The van der Waals surface area contributed by atoms with Gasteiger partial charge in [-0.3, -0.25) is 0 Å². The third-order valence-corrected chi connectivity index (χ3v) is 6.74. The Bertz CT molecular complexity index is 1070. The standard InChI is InChI=1S/C11H13NO.2C7H12N2S.CH4/c1-11(2,3)10-12-8-6-4-5-7-9(8)13-10;2*1-5-8-6(10-9-5)7(2,3)4;/h4-7H,1-3H3;2*1-4H3;1H4. The van der Waals surface area contributed by atoms with Gasteiger partial charge in [-0.1, -0.05) is 81.9 Å². The molecule has 4 rings (SSSR count). The number of oxazole rings is 1. The van der Waals surface area contributed by atoms with Crippen LogP contribution >= 0.6 is 23.1 Å². The zero-order valence-corrected chi connectivity index (χ0v) is 23.4. The minimum atomic E-state index is -0.0149. The average molecular weight is 504 g/mol. The average Bonchev–Trinajstić information content (AvgIpc) is 3.40. The number of para-hydroxylation sites is 2. The molecular formula is C26H41N5OS2. The van der Waals surface area contributed by atoms with Gasteiger partial charge in [-0.2, -0.15) is 8.75 Å². The fourth-order valence-electron chi connectivity index (χ4n) is 2.40. The molecule has 0 aliphatic rings. The van der Waals surface area contributed by atoms with Gasteiger partial charge in [0, 0.05) is 16.2 Å². The van der Waals surface area contributed by atoms with Crippen molar-refractivity contribution in [1.82, 2.24) is 23.7 Å². The highest BCUT2D eigenvalue weighted by Gasteiger charge is 2.20. The number of hydrogen-bond donors (Lipinski definition) is 0. The molecule has 0 aliphatic heterocycles. The van der Waals surface area contributed by atoms with Crippen LogP contribution in [0, 0.1) is 13.8 Å². The lowest BCUT2D eigenvalue weighted by Gasteiger charge is -2.12. The first-order valence-corrected chi connectivity index (χ1v) is 12.6. The van der Waals surface area contributed by atoms with Crippen molar-refractivity contribution in [2.24, 2.45) is 0 Å². The fourth-order valence-corrected chi connectivity index (χ4v) is 3.81. The lowest BCUT2D eigenvalue weighted by molar-refractivity contribution is 0.411. The van der Waals surface area contributed by atoms with E-state index in [9.17, 15) is 0 Å². The van der Waals surface area contributed by atoms with Crippen LogP contribution in [0.2, 0.25) is 0 Å². The van der Waals surface area contributed by atoms with Gasteiger partial charge in [-0.05, 0) is 49.0 Å². The molecule has 0 fully saturated rings. The molecule has 0 amide bonds. The van der Waals surface area contributed by atoms with E-state index in [1.54, 1.807) is 0 Å². The predicted molar refractivity (Wildman–Crippen MR) is 146 cm³/mol. The van der Waals surface area contributed by atoms with Crippen LogP contribution in [-0.2, 0) is 16.2 Å². The molecule has 6 nitrogen and oxygen atoms in total. The number of nitrogens with zero attached hydrogens (tertiary/aromatic N) is 5. The van der Waals surface area contributed by atoms with Crippen LogP contribution in [0.1, 0.15) is 97.3 Å². The highest BCUT2D eigenvalue weighted by atomic mass is 32.1. The normalized spacial score (nSPS) is 11.7. The van der Waals surface area contributed by atoms with Gasteiger partial charge in [0.15, 0.2) is 5.58 Å². The summed E-state index contributed by atoms with van der Waals surface area (Å²) in [7, 11) is 0. The number of aromatic nitrogens is 5. The molecule has 3 aromatic heterocycles. The molecule has 3 heterocycles. The zero-order valence-electron chi connectivity index (χ0n) is 21.8. The van der Waals surface area contributed by atoms with E-state index >= 15 is 0 Å². The first kappa shape index (κ1) is 29.8. The van der Waals surface area contributed by atoms with E-state index in [1.807, 2.05) is 38.1 Å². The van der Waals surface area contributed by atoms with Crippen molar-refractivity contribution in [3.63, 3.8) is 0 Å². The third kappa shape index (κ3) is 8.87. The van der Waals surface area contributed by atoms with E-state index in [2.05, 4.69) is 86.0 Å². The Labute approximate surface area is 213 Å². The summed E-state index contributed by atoms with van der Waals surface area (Å²) in [5.74, 6) is 2.57. The molecule has 34 heavy (non-hydrogen) atoms. The van der Waals surface area contributed by atoms with Gasteiger partial charge in [-0.25, -0.2) is 15.0 Å². The first-order valence-electron chi connectivity index (χ1n) is 11.0. The van der Waals surface area contributed by atoms with E-state index in [0.717, 1.165) is 38.7 Å². The summed E-state index contributed by atoms with van der Waals surface area (Å²) in [6, 6.07) is 7.84. The molecule has 0 bridgehead atoms. The van der Waals surface area contributed by atoms with Crippen LogP contribution in [0.4, 0.5) is 0 Å². The van der Waals surface area contributed by atoms with Gasteiger partial charge in [0.1, 0.15) is 27.2 Å². The Morgan fingerprint density at radius 3 is 1.38 bits per heavy atom. The molecule has 0 saturated heterocycles. The quantitative estimate of drug-likeness (QED) is 0.241. The number of benzene rings is 1. The van der Waals surface area contributed by atoms with Crippen molar-refractivity contribution in [2.45, 2.75) is 99.8 Å². The topological polar surface area (TPSA) is 77.6 Å². The van der Waals surface area contributed by atoms with E-state index in [0.29, 0.717) is 0 Å². The van der Waals surface area contributed by atoms with Crippen LogP contribution in [0.3, 0.4) is 0 Å². The van der Waals surface area contributed by atoms with Crippen molar-refractivity contribution < 1.29 is 4.42 Å². The van der Waals surface area contributed by atoms with E-state index < -0.39 is 0 Å². The Morgan fingerprint density at radius 2 is 1.09 bits per heavy atom. The Morgan fingerprint density at radius 1 is 0.647 bits per heavy atom. The Balaban J connectivity index is 0.000000255. The Hall–Kier alpha value is -2.19. The zero-order chi connectivity index (χ0) is 25.0. The van der Waals surface area contributed by atoms with Crippen LogP contribution in [0.15, 0.2) is 28.7 Å². The maximum absolute atomic E-state index is 5.62. The summed E-state index contributed by atoms with van der Waals surface area (Å²) in [5.41, 5.74) is 2.11. The number of hydrogen-bond acceptors (Lipinski definition) is 8. The van der Waals surface area contributed by atoms with Crippen molar-refractivity contribution in [1.29, 1.82) is 0 Å². The summed E-state index contributed by atoms with van der Waals surface area (Å²) >= 11 is 2.99. The second-order valence-corrected chi connectivity index (χ2v) is 12.5. The second-order valence-electron chi connectivity index (χ2n) is 11.0. The summed E-state index contributed by atoms with van der Waals surface area (Å²) in [6.45, 7) is 23.0.